The minimum atomic E-state index is -4.02. The van der Waals surface area contributed by atoms with E-state index < -0.39 is 22.0 Å². The van der Waals surface area contributed by atoms with Gasteiger partial charge in [0.25, 0.3) is 10.0 Å². The molecule has 0 bridgehead atoms. The van der Waals surface area contributed by atoms with E-state index in [2.05, 4.69) is 10.1 Å². The number of benzene rings is 2. The summed E-state index contributed by atoms with van der Waals surface area (Å²) in [4.78, 5) is 23.5. The van der Waals surface area contributed by atoms with E-state index >= 15 is 0 Å². The van der Waals surface area contributed by atoms with Crippen molar-refractivity contribution in [2.45, 2.75) is 11.8 Å². The Balaban J connectivity index is 2.15. The Morgan fingerprint density at radius 3 is 2.32 bits per heavy atom. The summed E-state index contributed by atoms with van der Waals surface area (Å²) in [5.41, 5.74) is 1.12. The van der Waals surface area contributed by atoms with Gasteiger partial charge in [-0.25, -0.2) is 22.7 Å². The van der Waals surface area contributed by atoms with Gasteiger partial charge < -0.3 is 10.1 Å². The molecule has 0 fully saturated rings. The zero-order valence-electron chi connectivity index (χ0n) is 13.4. The summed E-state index contributed by atoms with van der Waals surface area (Å²) < 4.78 is 30.8. The summed E-state index contributed by atoms with van der Waals surface area (Å²) in [6.07, 6.45) is 0. The molecule has 132 valence electrons. The van der Waals surface area contributed by atoms with Gasteiger partial charge in [-0.15, -0.1) is 0 Å². The van der Waals surface area contributed by atoms with Gasteiger partial charge in [-0.1, -0.05) is 29.3 Å². The Morgan fingerprint density at radius 2 is 1.72 bits per heavy atom. The van der Waals surface area contributed by atoms with Crippen molar-refractivity contribution in [2.75, 3.05) is 12.4 Å². The van der Waals surface area contributed by atoms with Gasteiger partial charge in [0.1, 0.15) is 0 Å². The van der Waals surface area contributed by atoms with Crippen LogP contribution in [0.2, 0.25) is 5.02 Å². The van der Waals surface area contributed by atoms with Crippen LogP contribution in [0.4, 0.5) is 10.5 Å². The fraction of sp³-hybridized carbons (Fsp3) is 0.125. The van der Waals surface area contributed by atoms with Crippen molar-refractivity contribution in [2.24, 2.45) is 0 Å². The van der Waals surface area contributed by atoms with E-state index in [1.165, 1.54) is 37.4 Å². The second-order valence-corrected chi connectivity index (χ2v) is 7.15. The monoisotopic (exact) mass is 382 g/mol. The van der Waals surface area contributed by atoms with Gasteiger partial charge in [-0.2, -0.15) is 0 Å². The number of nitrogens with one attached hydrogen (secondary N) is 2. The highest BCUT2D eigenvalue weighted by Crippen LogP contribution is 2.21. The number of amides is 2. The molecule has 0 atom stereocenters. The van der Waals surface area contributed by atoms with E-state index in [0.717, 1.165) is 5.56 Å². The highest BCUT2D eigenvalue weighted by atomic mass is 35.5. The number of halogens is 1. The molecule has 2 rings (SSSR count). The highest BCUT2D eigenvalue weighted by molar-refractivity contribution is 7.90. The van der Waals surface area contributed by atoms with Crippen LogP contribution in [0.3, 0.4) is 0 Å². The molecule has 2 aromatic carbocycles. The zero-order chi connectivity index (χ0) is 18.6. The number of anilines is 1. The maximum atomic E-state index is 12.2. The molecule has 0 unspecified atom stereocenters. The summed E-state index contributed by atoms with van der Waals surface area (Å²) in [5, 5.41) is 2.47. The molecule has 0 aromatic heterocycles. The first-order chi connectivity index (χ1) is 11.7. The van der Waals surface area contributed by atoms with E-state index in [0.29, 0.717) is 0 Å². The number of esters is 1. The SMILES string of the molecule is COC(=O)c1cc(NC(=O)NS(=O)(=O)c2ccc(C)cc2)ccc1Cl. The van der Waals surface area contributed by atoms with Crippen molar-refractivity contribution in [3.8, 4) is 0 Å². The average molecular weight is 383 g/mol. The van der Waals surface area contributed by atoms with Gasteiger partial charge in [0, 0.05) is 5.69 Å². The molecule has 2 aromatic rings. The Labute approximate surface area is 150 Å². The van der Waals surface area contributed by atoms with E-state index in [9.17, 15) is 18.0 Å². The van der Waals surface area contributed by atoms with Crippen molar-refractivity contribution < 1.29 is 22.7 Å². The van der Waals surface area contributed by atoms with Crippen molar-refractivity contribution in [1.29, 1.82) is 0 Å². The quantitative estimate of drug-likeness (QED) is 0.791. The van der Waals surface area contributed by atoms with Gasteiger partial charge in [-0.05, 0) is 37.3 Å². The Bertz CT molecular complexity index is 911. The molecule has 2 amide bonds. The van der Waals surface area contributed by atoms with Crippen LogP contribution in [0.15, 0.2) is 47.4 Å². The number of carbonyl (C=O) groups excluding carboxylic acids is 2. The topological polar surface area (TPSA) is 102 Å². The smallest absolute Gasteiger partial charge is 0.339 e. The molecule has 0 saturated carbocycles. The lowest BCUT2D eigenvalue weighted by molar-refractivity contribution is 0.0601. The minimum absolute atomic E-state index is 0.0420. The predicted molar refractivity (Wildman–Crippen MR) is 93.3 cm³/mol. The summed E-state index contributed by atoms with van der Waals surface area (Å²) in [6.45, 7) is 1.82. The van der Waals surface area contributed by atoms with E-state index in [1.54, 1.807) is 12.1 Å². The van der Waals surface area contributed by atoms with Crippen LogP contribution < -0.4 is 10.0 Å². The lowest BCUT2D eigenvalue weighted by Crippen LogP contribution is -2.34. The largest absolute Gasteiger partial charge is 0.465 e. The van der Waals surface area contributed by atoms with E-state index in [1.807, 2.05) is 11.6 Å². The number of aryl methyl sites for hydroxylation is 1. The van der Waals surface area contributed by atoms with Crippen LogP contribution in [-0.4, -0.2) is 27.5 Å². The molecule has 0 saturated heterocycles. The first-order valence-electron chi connectivity index (χ1n) is 7.01. The standard InChI is InChI=1S/C16H15ClN2O5S/c1-10-3-6-12(7-4-10)25(22,23)19-16(21)18-11-5-8-14(17)13(9-11)15(20)24-2/h3-9H,1-2H3,(H2,18,19,21). The number of carbonyl (C=O) groups is 2. The predicted octanol–water partition coefficient (Wildman–Crippen LogP) is 2.95. The van der Waals surface area contributed by atoms with Crippen LogP contribution in [0.25, 0.3) is 0 Å². The molecule has 7 nitrogen and oxygen atoms in total. The number of rotatable bonds is 4. The summed E-state index contributed by atoms with van der Waals surface area (Å²) in [6, 6.07) is 9.14. The third kappa shape index (κ3) is 4.71. The fourth-order valence-corrected chi connectivity index (χ4v) is 3.03. The minimum Gasteiger partial charge on any atom is -0.465 e. The van der Waals surface area contributed by atoms with Gasteiger partial charge in [0.2, 0.25) is 0 Å². The first kappa shape index (κ1) is 18.8. The molecule has 0 radical (unpaired) electrons. The number of methoxy groups -OCH3 is 1. The van der Waals surface area contributed by atoms with Crippen molar-refractivity contribution in [3.63, 3.8) is 0 Å². The number of sulfonamides is 1. The van der Waals surface area contributed by atoms with Gasteiger partial charge in [0.15, 0.2) is 0 Å². The molecule has 0 aliphatic heterocycles. The van der Waals surface area contributed by atoms with Crippen LogP contribution in [0, 0.1) is 6.92 Å². The molecule has 0 heterocycles. The zero-order valence-corrected chi connectivity index (χ0v) is 14.9. The Kier molecular flexibility index (Phi) is 5.66. The second kappa shape index (κ2) is 7.54. The van der Waals surface area contributed by atoms with Crippen LogP contribution in [0.1, 0.15) is 15.9 Å². The van der Waals surface area contributed by atoms with Gasteiger partial charge in [0.05, 0.1) is 22.6 Å². The molecule has 9 heteroatoms. The lowest BCUT2D eigenvalue weighted by atomic mass is 10.2. The Hall–Kier alpha value is -2.58. The third-order valence-electron chi connectivity index (χ3n) is 3.19. The normalized spacial score (nSPS) is 10.8. The highest BCUT2D eigenvalue weighted by Gasteiger charge is 2.18. The second-order valence-electron chi connectivity index (χ2n) is 5.06. The molecule has 2 N–H and O–H groups in total. The van der Waals surface area contributed by atoms with E-state index in [-0.39, 0.29) is 21.2 Å². The lowest BCUT2D eigenvalue weighted by Gasteiger charge is -2.10. The molecular formula is C16H15ClN2O5S. The number of urea groups is 1. The average Bonchev–Trinajstić information content (AvgIpc) is 2.55. The molecule has 0 aliphatic carbocycles. The van der Waals surface area contributed by atoms with Gasteiger partial charge in [-0.3, -0.25) is 0 Å². The van der Waals surface area contributed by atoms with Crippen LogP contribution >= 0.6 is 11.6 Å². The summed E-state index contributed by atoms with van der Waals surface area (Å²) in [7, 11) is -2.82. The van der Waals surface area contributed by atoms with Crippen molar-refractivity contribution in [3.05, 3.63) is 58.6 Å². The maximum Gasteiger partial charge on any atom is 0.339 e. The Morgan fingerprint density at radius 1 is 1.08 bits per heavy atom. The number of ether oxygens (including phenoxy) is 1. The summed E-state index contributed by atoms with van der Waals surface area (Å²) >= 11 is 5.88. The summed E-state index contributed by atoms with van der Waals surface area (Å²) in [5.74, 6) is -0.679. The first-order valence-corrected chi connectivity index (χ1v) is 8.87. The molecule has 0 aliphatic rings. The number of hydrogen-bond donors (Lipinski definition) is 2. The van der Waals surface area contributed by atoms with Crippen LogP contribution in [0.5, 0.6) is 0 Å². The van der Waals surface area contributed by atoms with Crippen molar-refractivity contribution in [1.82, 2.24) is 4.72 Å². The number of hydrogen-bond acceptors (Lipinski definition) is 5. The fourth-order valence-electron chi connectivity index (χ4n) is 1.92. The maximum absolute atomic E-state index is 12.2. The molecular weight excluding hydrogens is 368 g/mol. The third-order valence-corrected chi connectivity index (χ3v) is 4.86. The van der Waals surface area contributed by atoms with Crippen molar-refractivity contribution >= 4 is 39.3 Å². The molecule has 25 heavy (non-hydrogen) atoms. The van der Waals surface area contributed by atoms with Crippen LogP contribution in [-0.2, 0) is 14.8 Å². The molecule has 0 spiro atoms. The van der Waals surface area contributed by atoms with E-state index in [4.69, 9.17) is 11.6 Å². The van der Waals surface area contributed by atoms with Gasteiger partial charge >= 0.3 is 12.0 Å².